The van der Waals surface area contributed by atoms with Crippen LogP contribution in [0.2, 0.25) is 0 Å². The highest BCUT2D eigenvalue weighted by molar-refractivity contribution is 5.82. The predicted molar refractivity (Wildman–Crippen MR) is 106 cm³/mol. The summed E-state index contributed by atoms with van der Waals surface area (Å²) in [5.74, 6) is 1.06. The Morgan fingerprint density at radius 1 is 0.929 bits per heavy atom. The smallest absolute Gasteiger partial charge is 0.322 e. The Labute approximate surface area is 161 Å². The average Bonchev–Trinajstić information content (AvgIpc) is 2.69. The van der Waals surface area contributed by atoms with Crippen LogP contribution in [0.1, 0.15) is 11.4 Å². The second kappa shape index (κ2) is 7.15. The van der Waals surface area contributed by atoms with Gasteiger partial charge in [0, 0.05) is 17.0 Å². The summed E-state index contributed by atoms with van der Waals surface area (Å²) in [6, 6.07) is 16.2. The number of hydrogen-bond donors (Lipinski definition) is 0. The molecular weight excluding hydrogens is 356 g/mol. The maximum absolute atomic E-state index is 13.2. The van der Waals surface area contributed by atoms with Gasteiger partial charge in [0.15, 0.2) is 5.76 Å². The maximum atomic E-state index is 13.2. The number of hydrogen-bond acceptors (Lipinski definition) is 6. The molecule has 0 bridgehead atoms. The molecule has 0 spiro atoms. The molecule has 0 N–H and O–H groups in total. The van der Waals surface area contributed by atoms with Crippen LogP contribution in [0.15, 0.2) is 63.8 Å². The van der Waals surface area contributed by atoms with E-state index < -0.39 is 0 Å². The van der Waals surface area contributed by atoms with Crippen molar-refractivity contribution in [3.05, 3.63) is 76.2 Å². The Hall–Kier alpha value is -3.67. The van der Waals surface area contributed by atoms with Crippen molar-refractivity contribution in [1.29, 1.82) is 0 Å². The van der Waals surface area contributed by atoms with Gasteiger partial charge >= 0.3 is 6.01 Å². The van der Waals surface area contributed by atoms with E-state index in [2.05, 4.69) is 9.97 Å². The second-order valence-electron chi connectivity index (χ2n) is 6.35. The van der Waals surface area contributed by atoms with Crippen LogP contribution in [0.25, 0.3) is 22.3 Å². The first-order chi connectivity index (χ1) is 13.5. The number of aryl methyl sites for hydroxylation is 2. The van der Waals surface area contributed by atoms with Crippen molar-refractivity contribution in [2.24, 2.45) is 0 Å². The predicted octanol–water partition coefficient (Wildman–Crippen LogP) is 4.67. The Morgan fingerprint density at radius 3 is 2.29 bits per heavy atom. The van der Waals surface area contributed by atoms with E-state index in [4.69, 9.17) is 13.9 Å². The number of aromatic nitrogens is 2. The molecule has 2 aromatic carbocycles. The molecule has 4 aromatic rings. The molecule has 0 fully saturated rings. The van der Waals surface area contributed by atoms with Gasteiger partial charge in [-0.15, -0.1) is 0 Å². The van der Waals surface area contributed by atoms with E-state index in [1.54, 1.807) is 49.6 Å². The van der Waals surface area contributed by atoms with Gasteiger partial charge in [0.2, 0.25) is 11.2 Å². The van der Waals surface area contributed by atoms with Crippen LogP contribution in [0.5, 0.6) is 17.5 Å². The van der Waals surface area contributed by atoms with Crippen molar-refractivity contribution in [3.63, 3.8) is 0 Å². The average molecular weight is 374 g/mol. The third-order valence-electron chi connectivity index (χ3n) is 4.26. The Balaban J connectivity index is 1.93. The molecule has 0 aliphatic heterocycles. The summed E-state index contributed by atoms with van der Waals surface area (Å²) in [6.07, 6.45) is 0. The second-order valence-corrected chi connectivity index (χ2v) is 6.35. The van der Waals surface area contributed by atoms with Crippen LogP contribution in [0, 0.1) is 13.8 Å². The van der Waals surface area contributed by atoms with Crippen molar-refractivity contribution in [2.75, 3.05) is 7.11 Å². The highest BCUT2D eigenvalue weighted by Gasteiger charge is 2.19. The third-order valence-corrected chi connectivity index (χ3v) is 4.26. The molecule has 2 heterocycles. The first-order valence-corrected chi connectivity index (χ1v) is 8.75. The van der Waals surface area contributed by atoms with Crippen molar-refractivity contribution in [3.8, 4) is 28.8 Å². The van der Waals surface area contributed by atoms with Gasteiger partial charge in [0.25, 0.3) is 0 Å². The van der Waals surface area contributed by atoms with Gasteiger partial charge < -0.3 is 13.9 Å². The van der Waals surface area contributed by atoms with Crippen molar-refractivity contribution >= 4 is 11.0 Å². The molecule has 0 radical (unpaired) electrons. The van der Waals surface area contributed by atoms with E-state index in [1.165, 1.54) is 0 Å². The number of ether oxygens (including phenoxy) is 2. The molecule has 6 heteroatoms. The summed E-state index contributed by atoms with van der Waals surface area (Å²) in [7, 11) is 1.59. The zero-order valence-electron chi connectivity index (χ0n) is 15.7. The standard InChI is InChI=1S/C22H18N2O4/c1-13-12-14(2)24-22(23-13)28-21-19(25)17-6-4-5-7-18(17)27-20(21)15-8-10-16(26-3)11-9-15/h4-12H,1-3H3. The minimum Gasteiger partial charge on any atom is -0.497 e. The summed E-state index contributed by atoms with van der Waals surface area (Å²) >= 11 is 0. The molecule has 4 rings (SSSR count). The van der Waals surface area contributed by atoms with Crippen molar-refractivity contribution in [2.45, 2.75) is 13.8 Å². The molecule has 0 amide bonds. The van der Waals surface area contributed by atoms with Crippen molar-refractivity contribution in [1.82, 2.24) is 9.97 Å². The van der Waals surface area contributed by atoms with Crippen LogP contribution >= 0.6 is 0 Å². The summed E-state index contributed by atoms with van der Waals surface area (Å²) in [5.41, 5.74) is 2.38. The first-order valence-electron chi connectivity index (χ1n) is 8.75. The number of para-hydroxylation sites is 1. The van der Waals surface area contributed by atoms with Gasteiger partial charge in [-0.2, -0.15) is 0 Å². The van der Waals surface area contributed by atoms with Gasteiger partial charge in [-0.1, -0.05) is 12.1 Å². The Kier molecular flexibility index (Phi) is 4.53. The van der Waals surface area contributed by atoms with Crippen molar-refractivity contribution < 1.29 is 13.9 Å². The van der Waals surface area contributed by atoms with Crippen LogP contribution in [-0.2, 0) is 0 Å². The molecule has 0 unspecified atom stereocenters. The molecule has 0 aliphatic carbocycles. The van der Waals surface area contributed by atoms with E-state index in [-0.39, 0.29) is 17.2 Å². The molecule has 0 atom stereocenters. The van der Waals surface area contributed by atoms with Crippen LogP contribution < -0.4 is 14.9 Å². The molecule has 2 aromatic heterocycles. The number of rotatable bonds is 4. The number of fused-ring (bicyclic) bond motifs is 1. The SMILES string of the molecule is COc1ccc(-c2oc3ccccc3c(=O)c2Oc2nc(C)cc(C)n2)cc1. The summed E-state index contributed by atoms with van der Waals surface area (Å²) < 4.78 is 17.1. The lowest BCUT2D eigenvalue weighted by molar-refractivity contribution is 0.414. The summed E-state index contributed by atoms with van der Waals surface area (Å²) in [6.45, 7) is 3.68. The fourth-order valence-electron chi connectivity index (χ4n) is 2.98. The molecule has 140 valence electrons. The van der Waals surface area contributed by atoms with Gasteiger partial charge in [-0.05, 0) is 56.3 Å². The largest absolute Gasteiger partial charge is 0.497 e. The Morgan fingerprint density at radius 2 is 1.61 bits per heavy atom. The molecular formula is C22H18N2O4. The van der Waals surface area contributed by atoms with Gasteiger partial charge in [-0.25, -0.2) is 9.97 Å². The lowest BCUT2D eigenvalue weighted by Crippen LogP contribution is -2.09. The lowest BCUT2D eigenvalue weighted by Gasteiger charge is -2.11. The minimum atomic E-state index is -0.282. The zero-order chi connectivity index (χ0) is 19.7. The fraction of sp³-hybridized carbons (Fsp3) is 0.136. The van der Waals surface area contributed by atoms with Crippen LogP contribution in [0.4, 0.5) is 0 Å². The molecule has 0 aliphatic rings. The van der Waals surface area contributed by atoms with E-state index in [1.807, 2.05) is 26.0 Å². The maximum Gasteiger partial charge on any atom is 0.322 e. The molecule has 0 saturated heterocycles. The summed E-state index contributed by atoms with van der Waals surface area (Å²) in [5, 5.41) is 0.430. The number of benzene rings is 2. The van der Waals surface area contributed by atoms with Crippen LogP contribution in [-0.4, -0.2) is 17.1 Å². The highest BCUT2D eigenvalue weighted by atomic mass is 16.5. The monoisotopic (exact) mass is 374 g/mol. The highest BCUT2D eigenvalue weighted by Crippen LogP contribution is 2.33. The van der Waals surface area contributed by atoms with Crippen LogP contribution in [0.3, 0.4) is 0 Å². The molecule has 0 saturated carbocycles. The Bertz CT molecular complexity index is 1190. The zero-order valence-corrected chi connectivity index (χ0v) is 15.7. The van der Waals surface area contributed by atoms with Gasteiger partial charge in [-0.3, -0.25) is 4.79 Å². The van der Waals surface area contributed by atoms with E-state index >= 15 is 0 Å². The quantitative estimate of drug-likeness (QED) is 0.517. The third kappa shape index (κ3) is 3.32. The number of nitrogens with zero attached hydrogens (tertiary/aromatic N) is 2. The normalized spacial score (nSPS) is 10.8. The number of methoxy groups -OCH3 is 1. The fourth-order valence-corrected chi connectivity index (χ4v) is 2.98. The summed E-state index contributed by atoms with van der Waals surface area (Å²) in [4.78, 5) is 21.7. The molecule has 28 heavy (non-hydrogen) atoms. The van der Waals surface area contributed by atoms with E-state index in [0.717, 1.165) is 11.4 Å². The van der Waals surface area contributed by atoms with E-state index in [9.17, 15) is 4.79 Å². The first kappa shape index (κ1) is 17.7. The van der Waals surface area contributed by atoms with Gasteiger partial charge in [0.1, 0.15) is 11.3 Å². The molecule has 6 nitrogen and oxygen atoms in total. The van der Waals surface area contributed by atoms with E-state index in [0.29, 0.717) is 28.0 Å². The van der Waals surface area contributed by atoms with Gasteiger partial charge in [0.05, 0.1) is 12.5 Å². The topological polar surface area (TPSA) is 74.5 Å². The minimum absolute atomic E-state index is 0.0499. The lowest BCUT2D eigenvalue weighted by atomic mass is 10.1.